The van der Waals surface area contributed by atoms with E-state index in [4.69, 9.17) is 5.73 Å². The number of alkyl halides is 1. The van der Waals surface area contributed by atoms with Crippen molar-refractivity contribution in [2.45, 2.75) is 25.1 Å². The van der Waals surface area contributed by atoms with E-state index in [0.29, 0.717) is 12.4 Å². The molecule has 3 atom stereocenters. The molecule has 7 nitrogen and oxygen atoms in total. The van der Waals surface area contributed by atoms with Crippen LogP contribution in [0.4, 0.5) is 19.0 Å². The lowest BCUT2D eigenvalue weighted by atomic mass is 9.92. The molecule has 0 aliphatic carbocycles. The number of nitrogens with zero attached hydrogens (tertiary/aromatic N) is 4. The van der Waals surface area contributed by atoms with E-state index in [1.165, 1.54) is 12.3 Å². The second-order valence-corrected chi connectivity index (χ2v) is 7.54. The molecule has 0 unspecified atom stereocenters. The molecular weight excluding hydrogens is 411 g/mol. The molecule has 2 aliphatic rings. The maximum Gasteiger partial charge on any atom is 0.267 e. The lowest BCUT2D eigenvalue weighted by Crippen LogP contribution is -2.48. The molecule has 0 bridgehead atoms. The number of amides is 2. The van der Waals surface area contributed by atoms with Crippen LogP contribution in [-0.2, 0) is 4.79 Å². The van der Waals surface area contributed by atoms with Gasteiger partial charge in [-0.15, -0.1) is 0 Å². The topological polar surface area (TPSA) is 91.9 Å². The van der Waals surface area contributed by atoms with Crippen molar-refractivity contribution in [1.82, 2.24) is 9.99 Å². The van der Waals surface area contributed by atoms with Crippen LogP contribution >= 0.6 is 0 Å². The fourth-order valence-electron chi connectivity index (χ4n) is 3.97. The zero-order valence-corrected chi connectivity index (χ0v) is 16.4. The molecule has 31 heavy (non-hydrogen) atoms. The van der Waals surface area contributed by atoms with Crippen LogP contribution in [-0.4, -0.2) is 47.3 Å². The van der Waals surface area contributed by atoms with Gasteiger partial charge in [0.1, 0.15) is 29.3 Å². The van der Waals surface area contributed by atoms with Crippen LogP contribution in [0.25, 0.3) is 0 Å². The SMILES string of the molecule is NC(=O)c1cccc(N2CC[C@@H](C(=O)N3N=CC[C@H]3c3cc(F)cc(F)c3)[C@@H](F)C2)n1. The van der Waals surface area contributed by atoms with Gasteiger partial charge < -0.3 is 10.6 Å². The molecule has 2 N–H and O–H groups in total. The maximum atomic E-state index is 15.0. The van der Waals surface area contributed by atoms with Crippen LogP contribution in [0.15, 0.2) is 41.5 Å². The molecule has 10 heteroatoms. The summed E-state index contributed by atoms with van der Waals surface area (Å²) in [5, 5.41) is 5.16. The van der Waals surface area contributed by atoms with Crippen molar-refractivity contribution in [3.05, 3.63) is 59.3 Å². The van der Waals surface area contributed by atoms with Crippen molar-refractivity contribution in [2.75, 3.05) is 18.0 Å². The number of carbonyl (C=O) groups is 2. The highest BCUT2D eigenvalue weighted by Crippen LogP contribution is 2.34. The number of piperidine rings is 1. The molecule has 2 amide bonds. The second-order valence-electron chi connectivity index (χ2n) is 7.54. The molecule has 0 spiro atoms. The van der Waals surface area contributed by atoms with E-state index >= 15 is 4.39 Å². The molecule has 0 radical (unpaired) electrons. The molecule has 1 aromatic heterocycles. The van der Waals surface area contributed by atoms with Crippen LogP contribution in [0.5, 0.6) is 0 Å². The number of primary amides is 1. The first-order valence-electron chi connectivity index (χ1n) is 9.81. The summed E-state index contributed by atoms with van der Waals surface area (Å²) in [6.07, 6.45) is 0.445. The van der Waals surface area contributed by atoms with Crippen LogP contribution in [0.2, 0.25) is 0 Å². The van der Waals surface area contributed by atoms with Gasteiger partial charge in [-0.3, -0.25) is 9.59 Å². The van der Waals surface area contributed by atoms with E-state index in [9.17, 15) is 18.4 Å². The highest BCUT2D eigenvalue weighted by atomic mass is 19.1. The molecule has 1 aromatic carbocycles. The van der Waals surface area contributed by atoms with Crippen molar-refractivity contribution in [2.24, 2.45) is 16.8 Å². The Hall–Kier alpha value is -3.43. The Balaban J connectivity index is 1.48. The fraction of sp³-hybridized carbons (Fsp3) is 0.333. The Bertz CT molecular complexity index is 1030. The number of anilines is 1. The van der Waals surface area contributed by atoms with E-state index < -0.39 is 41.6 Å². The molecule has 3 heterocycles. The van der Waals surface area contributed by atoms with Crippen molar-refractivity contribution in [3.8, 4) is 0 Å². The highest BCUT2D eigenvalue weighted by molar-refractivity contribution is 5.91. The van der Waals surface area contributed by atoms with Gasteiger partial charge in [0.15, 0.2) is 0 Å². The summed E-state index contributed by atoms with van der Waals surface area (Å²) in [6.45, 7) is 0.241. The summed E-state index contributed by atoms with van der Waals surface area (Å²) >= 11 is 0. The summed E-state index contributed by atoms with van der Waals surface area (Å²) < 4.78 is 42.3. The summed E-state index contributed by atoms with van der Waals surface area (Å²) in [7, 11) is 0. The molecule has 162 valence electrons. The summed E-state index contributed by atoms with van der Waals surface area (Å²) in [5.41, 5.74) is 5.59. The normalized spacial score (nSPS) is 23.3. The number of hydrogen-bond acceptors (Lipinski definition) is 5. The summed E-state index contributed by atoms with van der Waals surface area (Å²) in [5.74, 6) is -3.28. The van der Waals surface area contributed by atoms with Crippen molar-refractivity contribution in [3.63, 3.8) is 0 Å². The number of rotatable bonds is 4. The number of nitrogens with two attached hydrogens (primary N) is 1. The number of benzene rings is 1. The van der Waals surface area contributed by atoms with Gasteiger partial charge in [0.2, 0.25) is 5.91 Å². The Morgan fingerprint density at radius 1 is 1.13 bits per heavy atom. The molecule has 0 saturated carbocycles. The minimum Gasteiger partial charge on any atom is -0.364 e. The maximum absolute atomic E-state index is 15.0. The molecule has 1 fully saturated rings. The first-order valence-corrected chi connectivity index (χ1v) is 9.81. The predicted molar refractivity (Wildman–Crippen MR) is 107 cm³/mol. The zero-order valence-electron chi connectivity index (χ0n) is 16.4. The first kappa shape index (κ1) is 20.8. The van der Waals surface area contributed by atoms with Crippen LogP contribution in [0, 0.1) is 17.6 Å². The quantitative estimate of drug-likeness (QED) is 0.806. The van der Waals surface area contributed by atoms with Gasteiger partial charge in [0.05, 0.1) is 18.5 Å². The first-order chi connectivity index (χ1) is 14.8. The van der Waals surface area contributed by atoms with E-state index in [0.717, 1.165) is 23.2 Å². The fourth-order valence-corrected chi connectivity index (χ4v) is 3.97. The smallest absolute Gasteiger partial charge is 0.267 e. The number of carbonyl (C=O) groups excluding carboxylic acids is 2. The Kier molecular flexibility index (Phi) is 5.62. The third kappa shape index (κ3) is 4.23. The largest absolute Gasteiger partial charge is 0.364 e. The Morgan fingerprint density at radius 2 is 1.87 bits per heavy atom. The van der Waals surface area contributed by atoms with Gasteiger partial charge in [-0.05, 0) is 36.2 Å². The van der Waals surface area contributed by atoms with E-state index in [-0.39, 0.29) is 30.6 Å². The summed E-state index contributed by atoms with van der Waals surface area (Å²) in [4.78, 5) is 30.2. The third-order valence-electron chi connectivity index (χ3n) is 5.49. The van der Waals surface area contributed by atoms with Crippen molar-refractivity contribution < 1.29 is 22.8 Å². The number of pyridine rings is 1. The van der Waals surface area contributed by atoms with Gasteiger partial charge in [-0.1, -0.05) is 6.07 Å². The summed E-state index contributed by atoms with van der Waals surface area (Å²) in [6, 6.07) is 7.08. The number of hydrogen-bond donors (Lipinski definition) is 1. The molecule has 4 rings (SSSR count). The Labute approximate surface area is 176 Å². The van der Waals surface area contributed by atoms with Crippen LogP contribution in [0.3, 0.4) is 0 Å². The van der Waals surface area contributed by atoms with E-state index in [1.807, 2.05) is 0 Å². The second kappa shape index (κ2) is 8.37. The highest BCUT2D eigenvalue weighted by Gasteiger charge is 2.40. The molecule has 2 aromatic rings. The lowest BCUT2D eigenvalue weighted by Gasteiger charge is -2.36. The molecule has 1 saturated heterocycles. The monoisotopic (exact) mass is 431 g/mol. The number of halogens is 3. The minimum atomic E-state index is -1.51. The number of hydrazone groups is 1. The number of aromatic nitrogens is 1. The van der Waals surface area contributed by atoms with Gasteiger partial charge in [-0.2, -0.15) is 5.10 Å². The van der Waals surface area contributed by atoms with E-state index in [2.05, 4.69) is 10.1 Å². The van der Waals surface area contributed by atoms with Gasteiger partial charge >= 0.3 is 0 Å². The van der Waals surface area contributed by atoms with Crippen LogP contribution < -0.4 is 10.6 Å². The van der Waals surface area contributed by atoms with E-state index in [1.54, 1.807) is 17.0 Å². The minimum absolute atomic E-state index is 0.0719. The van der Waals surface area contributed by atoms with Gasteiger partial charge in [0.25, 0.3) is 5.91 Å². The van der Waals surface area contributed by atoms with Crippen molar-refractivity contribution >= 4 is 23.8 Å². The average molecular weight is 431 g/mol. The zero-order chi connectivity index (χ0) is 22.1. The Morgan fingerprint density at radius 3 is 2.55 bits per heavy atom. The standard InChI is InChI=1S/C21H20F3N5O2/c22-13-8-12(9-14(23)10-13)18-4-6-26-29(18)21(31)15-5-7-28(11-16(15)24)19-3-1-2-17(27-19)20(25)30/h1-3,6,8-10,15-16,18H,4-5,7,11H2,(H2,25,30)/t15-,16+,18+/m1/s1. The van der Waals surface area contributed by atoms with Crippen molar-refractivity contribution in [1.29, 1.82) is 0 Å². The van der Waals surface area contributed by atoms with Gasteiger partial charge in [0, 0.05) is 25.2 Å². The predicted octanol–water partition coefficient (Wildman–Crippen LogP) is 2.58. The molecular formula is C21H20F3N5O2. The average Bonchev–Trinajstić information content (AvgIpc) is 3.22. The van der Waals surface area contributed by atoms with Gasteiger partial charge in [-0.25, -0.2) is 23.2 Å². The molecule has 2 aliphatic heterocycles. The van der Waals surface area contributed by atoms with Crippen LogP contribution in [0.1, 0.15) is 34.9 Å². The lowest BCUT2D eigenvalue weighted by molar-refractivity contribution is -0.140. The third-order valence-corrected chi connectivity index (χ3v) is 5.49.